The first kappa shape index (κ1) is 9.09. The van der Waals surface area contributed by atoms with Crippen LogP contribution < -0.4 is 0 Å². The molecule has 0 fully saturated rings. The van der Waals surface area contributed by atoms with Crippen LogP contribution in [0.3, 0.4) is 0 Å². The van der Waals surface area contributed by atoms with Gasteiger partial charge in [0.15, 0.2) is 11.6 Å². The second-order valence-corrected chi connectivity index (χ2v) is 3.56. The summed E-state index contributed by atoms with van der Waals surface area (Å²) in [6, 6.07) is 7.01. The van der Waals surface area contributed by atoms with Gasteiger partial charge in [-0.15, -0.1) is 0 Å². The third kappa shape index (κ3) is 1.46. The minimum Gasteiger partial charge on any atom is -0.293 e. The lowest BCUT2D eigenvalue weighted by Gasteiger charge is -2.09. The Morgan fingerprint density at radius 1 is 1.00 bits per heavy atom. The number of Topliss-reactive ketones (excluding diaryl/α,β-unsaturated/α-hetero) is 2. The number of benzene rings is 1. The van der Waals surface area contributed by atoms with Crippen LogP contribution in [0.2, 0.25) is 0 Å². The van der Waals surface area contributed by atoms with E-state index in [-0.39, 0.29) is 11.6 Å². The quantitative estimate of drug-likeness (QED) is 0.611. The molecule has 3 nitrogen and oxygen atoms in total. The van der Waals surface area contributed by atoms with Crippen LogP contribution in [0.4, 0.5) is 0 Å². The molecule has 1 aliphatic rings. The molecule has 0 aromatic heterocycles. The Morgan fingerprint density at radius 2 is 1.43 bits per heavy atom. The first-order valence-electron chi connectivity index (χ1n) is 4.52. The van der Waals surface area contributed by atoms with Gasteiger partial charge in [0.25, 0.3) is 0 Å². The van der Waals surface area contributed by atoms with Crippen LogP contribution in [0, 0.1) is 0 Å². The number of carbonyl (C=O) groups excluding carboxylic acids is 2. The van der Waals surface area contributed by atoms with Crippen LogP contribution in [0.15, 0.2) is 24.3 Å². The summed E-state index contributed by atoms with van der Waals surface area (Å²) in [7, 11) is 1.78. The molecule has 0 saturated carbocycles. The number of hydrogen-bond donors (Lipinski definition) is 0. The van der Waals surface area contributed by atoms with E-state index in [1.54, 1.807) is 36.2 Å². The fraction of sp³-hybridized carbons (Fsp3) is 0.273. The molecule has 1 heterocycles. The lowest BCUT2D eigenvalue weighted by atomic mass is 10.0. The topological polar surface area (TPSA) is 37.4 Å². The molecule has 1 aromatic carbocycles. The van der Waals surface area contributed by atoms with Gasteiger partial charge in [-0.25, -0.2) is 0 Å². The van der Waals surface area contributed by atoms with Crippen molar-refractivity contribution in [2.24, 2.45) is 0 Å². The minimum atomic E-state index is 0.0222. The van der Waals surface area contributed by atoms with Crippen LogP contribution in [0.5, 0.6) is 0 Å². The van der Waals surface area contributed by atoms with Gasteiger partial charge in [-0.3, -0.25) is 14.5 Å². The van der Waals surface area contributed by atoms with Crippen LogP contribution in [-0.2, 0) is 0 Å². The van der Waals surface area contributed by atoms with Crippen LogP contribution in [0.25, 0.3) is 0 Å². The zero-order valence-corrected chi connectivity index (χ0v) is 7.99. The molecule has 0 spiro atoms. The van der Waals surface area contributed by atoms with E-state index >= 15 is 0 Å². The summed E-state index contributed by atoms with van der Waals surface area (Å²) in [5.74, 6) is 0.0444. The highest BCUT2D eigenvalue weighted by Gasteiger charge is 2.23. The Kier molecular flexibility index (Phi) is 2.17. The molecule has 0 radical (unpaired) electrons. The van der Waals surface area contributed by atoms with Crippen LogP contribution in [0.1, 0.15) is 20.7 Å². The maximum absolute atomic E-state index is 11.7. The highest BCUT2D eigenvalue weighted by atomic mass is 16.1. The van der Waals surface area contributed by atoms with Gasteiger partial charge < -0.3 is 0 Å². The van der Waals surface area contributed by atoms with Crippen molar-refractivity contribution in [3.8, 4) is 0 Å². The maximum atomic E-state index is 11.7. The van der Waals surface area contributed by atoms with Crippen molar-refractivity contribution in [2.75, 3.05) is 20.1 Å². The van der Waals surface area contributed by atoms with Crippen molar-refractivity contribution < 1.29 is 9.59 Å². The fourth-order valence-corrected chi connectivity index (χ4v) is 1.69. The number of nitrogens with zero attached hydrogens (tertiary/aromatic N) is 1. The molecule has 0 amide bonds. The monoisotopic (exact) mass is 189 g/mol. The summed E-state index contributed by atoms with van der Waals surface area (Å²) >= 11 is 0. The molecule has 0 bridgehead atoms. The number of likely N-dealkylation sites (N-methyl/N-ethyl adjacent to an activating group) is 1. The van der Waals surface area contributed by atoms with Gasteiger partial charge in [0.05, 0.1) is 13.1 Å². The van der Waals surface area contributed by atoms with Crippen molar-refractivity contribution in [1.29, 1.82) is 0 Å². The molecule has 0 saturated heterocycles. The first-order valence-corrected chi connectivity index (χ1v) is 4.52. The number of ketones is 2. The second-order valence-electron chi connectivity index (χ2n) is 3.56. The largest absolute Gasteiger partial charge is 0.293 e. The third-order valence-electron chi connectivity index (χ3n) is 2.35. The number of carbonyl (C=O) groups is 2. The van der Waals surface area contributed by atoms with E-state index in [9.17, 15) is 9.59 Å². The van der Waals surface area contributed by atoms with E-state index in [0.29, 0.717) is 24.2 Å². The third-order valence-corrected chi connectivity index (χ3v) is 2.35. The smallest absolute Gasteiger partial charge is 0.177 e. The van der Waals surface area contributed by atoms with Crippen molar-refractivity contribution in [2.45, 2.75) is 0 Å². The van der Waals surface area contributed by atoms with Gasteiger partial charge >= 0.3 is 0 Å². The predicted molar refractivity (Wildman–Crippen MR) is 52.6 cm³/mol. The zero-order chi connectivity index (χ0) is 10.1. The highest BCUT2D eigenvalue weighted by Crippen LogP contribution is 2.14. The maximum Gasteiger partial charge on any atom is 0.177 e. The lowest BCUT2D eigenvalue weighted by Crippen LogP contribution is -2.27. The summed E-state index contributed by atoms with van der Waals surface area (Å²) in [5, 5.41) is 0. The van der Waals surface area contributed by atoms with E-state index in [1.807, 2.05) is 0 Å². The molecule has 0 unspecified atom stereocenters. The number of rotatable bonds is 0. The summed E-state index contributed by atoms with van der Waals surface area (Å²) in [6.45, 7) is 0.644. The van der Waals surface area contributed by atoms with Crippen LogP contribution >= 0.6 is 0 Å². The van der Waals surface area contributed by atoms with E-state index < -0.39 is 0 Å². The van der Waals surface area contributed by atoms with Gasteiger partial charge in [0, 0.05) is 11.1 Å². The lowest BCUT2D eigenvalue weighted by molar-refractivity contribution is 0.0923. The first-order chi connectivity index (χ1) is 6.68. The minimum absolute atomic E-state index is 0.0222. The van der Waals surface area contributed by atoms with Crippen molar-refractivity contribution in [1.82, 2.24) is 4.90 Å². The normalized spacial score (nSPS) is 17.8. The highest BCUT2D eigenvalue weighted by molar-refractivity contribution is 6.11. The van der Waals surface area contributed by atoms with E-state index in [1.165, 1.54) is 0 Å². The summed E-state index contributed by atoms with van der Waals surface area (Å²) in [4.78, 5) is 25.1. The van der Waals surface area contributed by atoms with Gasteiger partial charge in [-0.05, 0) is 7.05 Å². The molecule has 2 rings (SSSR count). The van der Waals surface area contributed by atoms with Crippen LogP contribution in [-0.4, -0.2) is 36.6 Å². The van der Waals surface area contributed by atoms with Crippen molar-refractivity contribution in [3.63, 3.8) is 0 Å². The predicted octanol–water partition coefficient (Wildman–Crippen LogP) is 0.997. The summed E-state index contributed by atoms with van der Waals surface area (Å²) < 4.78 is 0. The Balaban J connectivity index is 2.53. The molecule has 72 valence electrons. The molecule has 0 aliphatic carbocycles. The summed E-state index contributed by atoms with van der Waals surface area (Å²) in [5.41, 5.74) is 1.11. The molecular formula is C11H11NO2. The Morgan fingerprint density at radius 3 is 1.86 bits per heavy atom. The summed E-state index contributed by atoms with van der Waals surface area (Å²) in [6.07, 6.45) is 0. The molecular weight excluding hydrogens is 178 g/mol. The molecule has 1 aromatic rings. The number of hydrogen-bond acceptors (Lipinski definition) is 3. The van der Waals surface area contributed by atoms with Crippen molar-refractivity contribution >= 4 is 11.6 Å². The average Bonchev–Trinajstić information content (AvgIpc) is 2.26. The second kappa shape index (κ2) is 3.35. The molecule has 1 aliphatic heterocycles. The molecule has 0 atom stereocenters. The van der Waals surface area contributed by atoms with Gasteiger partial charge in [0.1, 0.15) is 0 Å². The standard InChI is InChI=1S/C11H11NO2/c1-12-6-10(13)8-4-2-3-5-9(8)11(14)7-12/h2-5H,6-7H2,1H3. The van der Waals surface area contributed by atoms with E-state index in [2.05, 4.69) is 0 Å². The van der Waals surface area contributed by atoms with E-state index in [0.717, 1.165) is 0 Å². The SMILES string of the molecule is CN1CC(=O)c2ccccc2C(=O)C1. The van der Waals surface area contributed by atoms with Gasteiger partial charge in [0.2, 0.25) is 0 Å². The Hall–Kier alpha value is -1.48. The Bertz CT molecular complexity index is 361. The molecule has 3 heteroatoms. The molecule has 0 N–H and O–H groups in total. The molecule has 14 heavy (non-hydrogen) atoms. The van der Waals surface area contributed by atoms with Crippen molar-refractivity contribution in [3.05, 3.63) is 35.4 Å². The van der Waals surface area contributed by atoms with Gasteiger partial charge in [-0.1, -0.05) is 24.3 Å². The fourth-order valence-electron chi connectivity index (χ4n) is 1.69. The van der Waals surface area contributed by atoms with E-state index in [4.69, 9.17) is 0 Å². The average molecular weight is 189 g/mol. The Labute approximate surface area is 82.3 Å². The number of fused-ring (bicyclic) bond motifs is 1. The zero-order valence-electron chi connectivity index (χ0n) is 7.99. The van der Waals surface area contributed by atoms with Gasteiger partial charge in [-0.2, -0.15) is 0 Å².